The number of anilines is 1. The van der Waals surface area contributed by atoms with Crippen LogP contribution in [0.25, 0.3) is 0 Å². The van der Waals surface area contributed by atoms with Gasteiger partial charge >= 0.3 is 5.97 Å². The average molecular weight is 261 g/mol. The molecule has 0 radical (unpaired) electrons. The Morgan fingerprint density at radius 2 is 2.05 bits per heavy atom. The molecular formula is C12H11N3O4. The number of rotatable bonds is 3. The van der Waals surface area contributed by atoms with E-state index in [0.29, 0.717) is 5.69 Å². The summed E-state index contributed by atoms with van der Waals surface area (Å²) in [6.07, 6.45) is 2.74. The number of aromatic carboxylic acids is 1. The zero-order valence-electron chi connectivity index (χ0n) is 9.98. The molecule has 0 saturated carbocycles. The molecule has 0 saturated heterocycles. The lowest BCUT2D eigenvalue weighted by Crippen LogP contribution is -2.16. The van der Waals surface area contributed by atoms with E-state index in [1.807, 2.05) is 0 Å². The first-order chi connectivity index (χ1) is 8.99. The van der Waals surface area contributed by atoms with Crippen molar-refractivity contribution in [2.45, 2.75) is 6.92 Å². The van der Waals surface area contributed by atoms with Crippen molar-refractivity contribution >= 4 is 17.6 Å². The minimum Gasteiger partial charge on any atom is -0.478 e. The van der Waals surface area contributed by atoms with Crippen molar-refractivity contribution in [2.75, 3.05) is 5.32 Å². The Kier molecular flexibility index (Phi) is 3.19. The molecule has 98 valence electrons. The summed E-state index contributed by atoms with van der Waals surface area (Å²) < 4.78 is 0. The number of carbonyl (C=O) groups excluding carboxylic acids is 1. The molecule has 2 aromatic heterocycles. The minimum atomic E-state index is -1.14. The van der Waals surface area contributed by atoms with Gasteiger partial charge in [0.05, 0.1) is 5.69 Å². The van der Waals surface area contributed by atoms with Gasteiger partial charge in [0.2, 0.25) is 5.56 Å². The molecule has 2 heterocycles. The first-order valence-corrected chi connectivity index (χ1v) is 5.40. The van der Waals surface area contributed by atoms with Crippen LogP contribution >= 0.6 is 0 Å². The third-order valence-electron chi connectivity index (χ3n) is 2.58. The summed E-state index contributed by atoms with van der Waals surface area (Å²) in [4.78, 5) is 39.1. The highest BCUT2D eigenvalue weighted by atomic mass is 16.4. The van der Waals surface area contributed by atoms with Crippen LogP contribution in [0.2, 0.25) is 0 Å². The van der Waals surface area contributed by atoms with Gasteiger partial charge in [-0.25, -0.2) is 4.79 Å². The van der Waals surface area contributed by atoms with Crippen LogP contribution in [0.4, 0.5) is 5.69 Å². The number of amides is 1. The number of H-pyrrole nitrogens is 2. The summed E-state index contributed by atoms with van der Waals surface area (Å²) in [6, 6.07) is 2.56. The summed E-state index contributed by atoms with van der Waals surface area (Å²) in [6.45, 7) is 1.59. The lowest BCUT2D eigenvalue weighted by molar-refractivity contribution is 0.0697. The van der Waals surface area contributed by atoms with E-state index in [2.05, 4.69) is 15.3 Å². The lowest BCUT2D eigenvalue weighted by Gasteiger charge is -2.04. The largest absolute Gasteiger partial charge is 0.478 e. The molecule has 0 aliphatic carbocycles. The average Bonchev–Trinajstić information content (AvgIpc) is 2.70. The summed E-state index contributed by atoms with van der Waals surface area (Å²) in [5.74, 6) is -1.69. The predicted molar refractivity (Wildman–Crippen MR) is 67.5 cm³/mol. The molecule has 0 atom stereocenters. The van der Waals surface area contributed by atoms with Gasteiger partial charge in [0.25, 0.3) is 5.91 Å². The van der Waals surface area contributed by atoms with E-state index in [9.17, 15) is 14.4 Å². The number of nitrogens with one attached hydrogen (secondary N) is 3. The fraction of sp³-hybridized carbons (Fsp3) is 0.0833. The van der Waals surface area contributed by atoms with Crippen LogP contribution in [0.3, 0.4) is 0 Å². The molecule has 0 unspecified atom stereocenters. The van der Waals surface area contributed by atoms with E-state index in [1.165, 1.54) is 18.5 Å². The lowest BCUT2D eigenvalue weighted by atomic mass is 10.2. The second kappa shape index (κ2) is 4.81. The zero-order chi connectivity index (χ0) is 14.0. The third kappa shape index (κ3) is 2.54. The van der Waals surface area contributed by atoms with E-state index in [-0.39, 0.29) is 16.8 Å². The zero-order valence-corrected chi connectivity index (χ0v) is 9.98. The summed E-state index contributed by atoms with van der Waals surface area (Å²) in [7, 11) is 0. The predicted octanol–water partition coefficient (Wildman–Crippen LogP) is 0.962. The Morgan fingerprint density at radius 3 is 2.68 bits per heavy atom. The Labute approximate surface area is 107 Å². The van der Waals surface area contributed by atoms with Gasteiger partial charge in [-0.3, -0.25) is 9.59 Å². The van der Waals surface area contributed by atoms with Crippen molar-refractivity contribution in [3.05, 3.63) is 51.7 Å². The van der Waals surface area contributed by atoms with E-state index in [4.69, 9.17) is 5.11 Å². The van der Waals surface area contributed by atoms with E-state index < -0.39 is 17.4 Å². The van der Waals surface area contributed by atoms with Gasteiger partial charge < -0.3 is 20.4 Å². The Balaban J connectivity index is 2.29. The number of carbonyl (C=O) groups is 2. The molecule has 0 aromatic carbocycles. The molecule has 19 heavy (non-hydrogen) atoms. The molecule has 2 rings (SSSR count). The number of carboxylic acids is 1. The van der Waals surface area contributed by atoms with Crippen LogP contribution in [0.15, 0.2) is 29.3 Å². The molecule has 0 fully saturated rings. The van der Waals surface area contributed by atoms with Crippen LogP contribution in [0.5, 0.6) is 0 Å². The maximum Gasteiger partial charge on any atom is 0.339 e. The highest BCUT2D eigenvalue weighted by Gasteiger charge is 2.17. The fourth-order valence-corrected chi connectivity index (χ4v) is 1.68. The standard InChI is InChI=1S/C12H11N3O4/c1-6-10(12(18)19)8(5-14-6)15-11(17)7-2-3-13-9(16)4-7/h2-5,14H,1H3,(H,13,16)(H,15,17)(H,18,19). The van der Waals surface area contributed by atoms with Crippen LogP contribution in [-0.4, -0.2) is 27.0 Å². The second-order valence-corrected chi connectivity index (χ2v) is 3.90. The summed E-state index contributed by atoms with van der Waals surface area (Å²) in [5.41, 5.74) is 0.345. The van der Waals surface area contributed by atoms with Gasteiger partial charge in [0, 0.05) is 29.7 Å². The molecule has 1 amide bonds. The fourth-order valence-electron chi connectivity index (χ4n) is 1.68. The summed E-state index contributed by atoms with van der Waals surface area (Å²) in [5, 5.41) is 11.5. The van der Waals surface area contributed by atoms with Crippen LogP contribution in [-0.2, 0) is 0 Å². The second-order valence-electron chi connectivity index (χ2n) is 3.90. The summed E-state index contributed by atoms with van der Waals surface area (Å²) >= 11 is 0. The van der Waals surface area contributed by atoms with Crippen molar-refractivity contribution < 1.29 is 14.7 Å². The number of hydrogen-bond donors (Lipinski definition) is 4. The van der Waals surface area contributed by atoms with Gasteiger partial charge in [-0.1, -0.05) is 0 Å². The van der Waals surface area contributed by atoms with Gasteiger partial charge in [-0.2, -0.15) is 0 Å². The molecule has 0 aliphatic heterocycles. The van der Waals surface area contributed by atoms with E-state index >= 15 is 0 Å². The first-order valence-electron chi connectivity index (χ1n) is 5.40. The quantitative estimate of drug-likeness (QED) is 0.658. The molecule has 0 spiro atoms. The van der Waals surface area contributed by atoms with Crippen molar-refractivity contribution in [3.63, 3.8) is 0 Å². The monoisotopic (exact) mass is 261 g/mol. The number of aromatic nitrogens is 2. The topological polar surface area (TPSA) is 115 Å². The minimum absolute atomic E-state index is 0.00168. The Morgan fingerprint density at radius 1 is 1.32 bits per heavy atom. The number of aryl methyl sites for hydroxylation is 1. The number of hydrogen-bond acceptors (Lipinski definition) is 3. The normalized spacial score (nSPS) is 10.2. The molecule has 2 aromatic rings. The van der Waals surface area contributed by atoms with Gasteiger partial charge in [-0.15, -0.1) is 0 Å². The van der Waals surface area contributed by atoms with E-state index in [1.54, 1.807) is 6.92 Å². The first kappa shape index (κ1) is 12.6. The molecule has 4 N–H and O–H groups in total. The third-order valence-corrected chi connectivity index (χ3v) is 2.58. The highest BCUT2D eigenvalue weighted by molar-refractivity contribution is 6.08. The van der Waals surface area contributed by atoms with Crippen molar-refractivity contribution in [1.82, 2.24) is 9.97 Å². The van der Waals surface area contributed by atoms with Crippen molar-refractivity contribution in [3.8, 4) is 0 Å². The van der Waals surface area contributed by atoms with Gasteiger partial charge in [-0.05, 0) is 13.0 Å². The van der Waals surface area contributed by atoms with Crippen molar-refractivity contribution in [2.24, 2.45) is 0 Å². The number of pyridine rings is 1. The maximum absolute atomic E-state index is 11.9. The Hall–Kier alpha value is -2.83. The SMILES string of the molecule is Cc1[nH]cc(NC(=O)c2cc[nH]c(=O)c2)c1C(=O)O. The van der Waals surface area contributed by atoms with Crippen LogP contribution in [0.1, 0.15) is 26.4 Å². The smallest absolute Gasteiger partial charge is 0.339 e. The molecule has 0 aliphatic rings. The maximum atomic E-state index is 11.9. The van der Waals surface area contributed by atoms with Gasteiger partial charge in [0.1, 0.15) is 5.56 Å². The molecule has 0 bridgehead atoms. The number of carboxylic acid groups (broad SMARTS) is 1. The van der Waals surface area contributed by atoms with Gasteiger partial charge in [0.15, 0.2) is 0 Å². The van der Waals surface area contributed by atoms with E-state index in [0.717, 1.165) is 6.07 Å². The molecular weight excluding hydrogens is 250 g/mol. The highest BCUT2D eigenvalue weighted by Crippen LogP contribution is 2.19. The molecule has 7 nitrogen and oxygen atoms in total. The van der Waals surface area contributed by atoms with Crippen LogP contribution in [0, 0.1) is 6.92 Å². The van der Waals surface area contributed by atoms with Crippen LogP contribution < -0.4 is 10.9 Å². The Bertz CT molecular complexity index is 699. The number of aromatic amines is 2. The van der Waals surface area contributed by atoms with Crippen molar-refractivity contribution in [1.29, 1.82) is 0 Å². The molecule has 7 heteroatoms.